The third kappa shape index (κ3) is 5.97. The van der Waals surface area contributed by atoms with Crippen LogP contribution >= 0.6 is 0 Å². The van der Waals surface area contributed by atoms with E-state index in [4.69, 9.17) is 0 Å². The van der Waals surface area contributed by atoms with Crippen molar-refractivity contribution in [2.45, 2.75) is 73.6 Å². The van der Waals surface area contributed by atoms with Gasteiger partial charge in [0.2, 0.25) is 5.91 Å². The number of hydrogen-bond donors (Lipinski definition) is 0. The smallest absolute Gasteiger partial charge is 0.223 e. The second kappa shape index (κ2) is 6.28. The van der Waals surface area contributed by atoms with Crippen molar-refractivity contribution in [3.8, 4) is 0 Å². The Balaban J connectivity index is 2.44. The lowest BCUT2D eigenvalue weighted by Gasteiger charge is -2.27. The predicted octanol–water partition coefficient (Wildman–Crippen LogP) is 4.49. The molecule has 0 spiro atoms. The number of carbonyl (C=O) groups is 1. The number of carbonyl (C=O) groups excluding carboxylic acids is 1. The Hall–Kier alpha value is -0.530. The molecule has 112 valence electrons. The molecule has 1 amide bonds. The summed E-state index contributed by atoms with van der Waals surface area (Å²) >= 11 is 0. The first-order valence-corrected chi connectivity index (χ1v) is 7.91. The van der Waals surface area contributed by atoms with Gasteiger partial charge in [-0.3, -0.25) is 4.79 Å². The van der Waals surface area contributed by atoms with E-state index >= 15 is 0 Å². The minimum absolute atomic E-state index is 0.161. The molecule has 1 fully saturated rings. The van der Waals surface area contributed by atoms with Crippen LogP contribution in [0.1, 0.15) is 73.6 Å². The molecule has 1 aliphatic rings. The zero-order chi connectivity index (χ0) is 14.7. The van der Waals surface area contributed by atoms with Gasteiger partial charge in [-0.2, -0.15) is 0 Å². The summed E-state index contributed by atoms with van der Waals surface area (Å²) in [6, 6.07) is 0. The summed E-state index contributed by atoms with van der Waals surface area (Å²) in [5.41, 5.74) is 0.541. The van der Waals surface area contributed by atoms with E-state index in [9.17, 15) is 4.79 Å². The molecule has 0 N–H and O–H groups in total. The maximum absolute atomic E-state index is 12.4. The summed E-state index contributed by atoms with van der Waals surface area (Å²) in [7, 11) is 0. The largest absolute Gasteiger partial charge is 0.342 e. The fourth-order valence-electron chi connectivity index (χ4n) is 3.38. The second-order valence-electron chi connectivity index (χ2n) is 8.35. The molecular formula is C17H33NO. The Morgan fingerprint density at radius 2 is 1.84 bits per heavy atom. The van der Waals surface area contributed by atoms with Crippen LogP contribution in [-0.2, 0) is 4.79 Å². The van der Waals surface area contributed by atoms with Gasteiger partial charge < -0.3 is 4.90 Å². The van der Waals surface area contributed by atoms with Crippen LogP contribution in [-0.4, -0.2) is 23.9 Å². The van der Waals surface area contributed by atoms with Crippen LogP contribution < -0.4 is 0 Å². The summed E-state index contributed by atoms with van der Waals surface area (Å²) in [6.45, 7) is 15.5. The molecule has 2 heteroatoms. The van der Waals surface area contributed by atoms with E-state index in [-0.39, 0.29) is 5.41 Å². The Labute approximate surface area is 119 Å². The second-order valence-corrected chi connectivity index (χ2v) is 8.35. The van der Waals surface area contributed by atoms with Gasteiger partial charge in [0.1, 0.15) is 0 Å². The quantitative estimate of drug-likeness (QED) is 0.719. The maximum atomic E-state index is 12.4. The monoisotopic (exact) mass is 267 g/mol. The van der Waals surface area contributed by atoms with Crippen LogP contribution in [0.3, 0.4) is 0 Å². The Kier molecular flexibility index (Phi) is 5.46. The minimum Gasteiger partial charge on any atom is -0.342 e. The first-order chi connectivity index (χ1) is 8.63. The van der Waals surface area contributed by atoms with E-state index in [1.807, 2.05) is 0 Å². The topological polar surface area (TPSA) is 20.3 Å². The van der Waals surface area contributed by atoms with Crippen molar-refractivity contribution in [2.75, 3.05) is 13.1 Å². The van der Waals surface area contributed by atoms with Crippen LogP contribution in [0.4, 0.5) is 0 Å². The molecule has 1 aliphatic heterocycles. The van der Waals surface area contributed by atoms with Crippen molar-refractivity contribution < 1.29 is 4.79 Å². The van der Waals surface area contributed by atoms with E-state index in [0.29, 0.717) is 23.7 Å². The molecule has 0 saturated carbocycles. The highest BCUT2D eigenvalue weighted by atomic mass is 16.2. The molecular weight excluding hydrogens is 234 g/mol. The fourth-order valence-corrected chi connectivity index (χ4v) is 3.38. The number of hydrogen-bond acceptors (Lipinski definition) is 1. The average molecular weight is 267 g/mol. The Morgan fingerprint density at radius 3 is 2.37 bits per heavy atom. The maximum Gasteiger partial charge on any atom is 0.223 e. The number of nitrogens with zero attached hydrogens (tertiary/aromatic N) is 1. The lowest BCUT2D eigenvalue weighted by Crippen LogP contribution is -2.32. The third-order valence-electron chi connectivity index (χ3n) is 4.10. The van der Waals surface area contributed by atoms with Gasteiger partial charge in [0.15, 0.2) is 0 Å². The van der Waals surface area contributed by atoms with Crippen molar-refractivity contribution in [3.63, 3.8) is 0 Å². The van der Waals surface area contributed by atoms with Crippen LogP contribution in [0.15, 0.2) is 0 Å². The molecule has 0 aromatic carbocycles. The Bertz CT molecular complexity index is 301. The number of amides is 1. The average Bonchev–Trinajstić information content (AvgIpc) is 2.62. The lowest BCUT2D eigenvalue weighted by molar-refractivity contribution is -0.132. The van der Waals surface area contributed by atoms with Gasteiger partial charge in [0.25, 0.3) is 0 Å². The zero-order valence-electron chi connectivity index (χ0n) is 13.9. The minimum atomic E-state index is 0.161. The van der Waals surface area contributed by atoms with E-state index in [2.05, 4.69) is 46.4 Å². The molecule has 1 heterocycles. The van der Waals surface area contributed by atoms with E-state index in [1.54, 1.807) is 0 Å². The normalized spacial score (nSPS) is 20.9. The van der Waals surface area contributed by atoms with Gasteiger partial charge in [0, 0.05) is 19.5 Å². The molecule has 1 unspecified atom stereocenters. The summed E-state index contributed by atoms with van der Waals surface area (Å²) < 4.78 is 0. The van der Waals surface area contributed by atoms with Crippen molar-refractivity contribution in [1.29, 1.82) is 0 Å². The van der Waals surface area contributed by atoms with Crippen molar-refractivity contribution in [1.82, 2.24) is 4.90 Å². The van der Waals surface area contributed by atoms with Crippen LogP contribution in [0.2, 0.25) is 0 Å². The Morgan fingerprint density at radius 1 is 1.21 bits per heavy atom. The molecule has 0 aromatic rings. The summed E-state index contributed by atoms with van der Waals surface area (Å²) in [4.78, 5) is 14.5. The van der Waals surface area contributed by atoms with E-state index < -0.39 is 0 Å². The highest BCUT2D eigenvalue weighted by Crippen LogP contribution is 2.32. The van der Waals surface area contributed by atoms with Crippen molar-refractivity contribution >= 4 is 5.91 Å². The van der Waals surface area contributed by atoms with Crippen LogP contribution in [0.25, 0.3) is 0 Å². The first kappa shape index (κ1) is 16.5. The molecule has 1 rings (SSSR count). The van der Waals surface area contributed by atoms with Gasteiger partial charge >= 0.3 is 0 Å². The zero-order valence-corrected chi connectivity index (χ0v) is 13.9. The molecule has 0 bridgehead atoms. The highest BCUT2D eigenvalue weighted by molar-refractivity contribution is 5.77. The molecule has 19 heavy (non-hydrogen) atoms. The first-order valence-electron chi connectivity index (χ1n) is 7.91. The van der Waals surface area contributed by atoms with Crippen molar-refractivity contribution in [3.05, 3.63) is 0 Å². The van der Waals surface area contributed by atoms with E-state index in [1.165, 1.54) is 12.8 Å². The third-order valence-corrected chi connectivity index (χ3v) is 4.10. The highest BCUT2D eigenvalue weighted by Gasteiger charge is 2.31. The van der Waals surface area contributed by atoms with Gasteiger partial charge in [-0.1, -0.05) is 48.0 Å². The SMILES string of the molecule is CCCC(C)(C)CC(=O)N1CCC(CC(C)(C)C)C1. The summed E-state index contributed by atoms with van der Waals surface area (Å²) in [5.74, 6) is 1.08. The van der Waals surface area contributed by atoms with Gasteiger partial charge in [-0.15, -0.1) is 0 Å². The molecule has 0 aromatic heterocycles. The van der Waals surface area contributed by atoms with Crippen molar-refractivity contribution in [2.24, 2.45) is 16.7 Å². The van der Waals surface area contributed by atoms with E-state index in [0.717, 1.165) is 25.9 Å². The molecule has 1 atom stereocenters. The number of likely N-dealkylation sites (tertiary alicyclic amines) is 1. The fraction of sp³-hybridized carbons (Fsp3) is 0.941. The molecule has 2 nitrogen and oxygen atoms in total. The van der Waals surface area contributed by atoms with Crippen LogP contribution in [0.5, 0.6) is 0 Å². The van der Waals surface area contributed by atoms with Gasteiger partial charge in [0.05, 0.1) is 0 Å². The number of rotatable bonds is 5. The standard InChI is InChI=1S/C17H33NO/c1-7-9-17(5,6)12-15(19)18-10-8-14(13-18)11-16(2,3)4/h14H,7-13H2,1-6H3. The van der Waals surface area contributed by atoms with Crippen LogP contribution in [0, 0.1) is 16.7 Å². The molecule has 0 aliphatic carbocycles. The summed E-state index contributed by atoms with van der Waals surface area (Å²) in [5, 5.41) is 0. The predicted molar refractivity (Wildman–Crippen MR) is 82.1 cm³/mol. The molecule has 0 radical (unpaired) electrons. The van der Waals surface area contributed by atoms with Gasteiger partial charge in [-0.25, -0.2) is 0 Å². The summed E-state index contributed by atoms with van der Waals surface area (Å²) in [6.07, 6.45) is 5.43. The van der Waals surface area contributed by atoms with Gasteiger partial charge in [-0.05, 0) is 36.0 Å². The lowest BCUT2D eigenvalue weighted by atomic mass is 9.84. The molecule has 1 saturated heterocycles.